The van der Waals surface area contributed by atoms with Crippen LogP contribution in [-0.4, -0.2) is 24.6 Å². The first-order chi connectivity index (χ1) is 11.7. The van der Waals surface area contributed by atoms with Crippen molar-refractivity contribution in [1.29, 1.82) is 0 Å². The highest BCUT2D eigenvalue weighted by atomic mass is 32.2. The lowest BCUT2D eigenvalue weighted by atomic mass is 9.88. The number of hydrogen-bond donors (Lipinski definition) is 1. The summed E-state index contributed by atoms with van der Waals surface area (Å²) in [7, 11) is -3.22. The summed E-state index contributed by atoms with van der Waals surface area (Å²) >= 11 is 0. The summed E-state index contributed by atoms with van der Waals surface area (Å²) in [6.07, 6.45) is 3.28. The summed E-state index contributed by atoms with van der Waals surface area (Å²) in [5, 5.41) is 0.733. The van der Waals surface area contributed by atoms with Gasteiger partial charge in [-0.25, -0.2) is 17.8 Å². The predicted octanol–water partition coefficient (Wildman–Crippen LogP) is 4.28. The number of nitrogens with zero attached hydrogens (tertiary/aromatic N) is 1. The molecule has 132 valence electrons. The predicted molar refractivity (Wildman–Crippen MR) is 96.9 cm³/mol. The molecule has 0 bridgehead atoms. The van der Waals surface area contributed by atoms with Crippen LogP contribution in [0.3, 0.4) is 0 Å². The van der Waals surface area contributed by atoms with Gasteiger partial charge in [-0.15, -0.1) is 0 Å². The molecule has 0 aliphatic carbocycles. The van der Waals surface area contributed by atoms with Crippen molar-refractivity contribution in [2.45, 2.75) is 31.1 Å². The Morgan fingerprint density at radius 1 is 1.16 bits per heavy atom. The zero-order valence-corrected chi connectivity index (χ0v) is 15.3. The second kappa shape index (κ2) is 6.59. The molecule has 4 nitrogen and oxygen atoms in total. The first-order valence-electron chi connectivity index (χ1n) is 8.18. The van der Waals surface area contributed by atoms with Crippen molar-refractivity contribution >= 4 is 20.9 Å². The molecule has 0 saturated carbocycles. The second-order valence-corrected chi connectivity index (χ2v) is 8.86. The van der Waals surface area contributed by atoms with Crippen molar-refractivity contribution in [3.05, 3.63) is 59.7 Å². The van der Waals surface area contributed by atoms with Gasteiger partial charge in [-0.2, -0.15) is 0 Å². The van der Waals surface area contributed by atoms with E-state index in [-0.39, 0.29) is 11.7 Å². The van der Waals surface area contributed by atoms with E-state index < -0.39 is 9.84 Å². The Labute approximate surface area is 147 Å². The summed E-state index contributed by atoms with van der Waals surface area (Å²) in [4.78, 5) is 7.67. The van der Waals surface area contributed by atoms with Crippen LogP contribution in [0.4, 0.5) is 4.39 Å². The van der Waals surface area contributed by atoms with Crippen LogP contribution in [0, 0.1) is 11.7 Å². The van der Waals surface area contributed by atoms with E-state index in [4.69, 9.17) is 0 Å². The average Bonchev–Trinajstić information content (AvgIpc) is 2.94. The summed E-state index contributed by atoms with van der Waals surface area (Å²) < 4.78 is 36.7. The molecular weight excluding hydrogens is 339 g/mol. The van der Waals surface area contributed by atoms with Gasteiger partial charge in [0, 0.05) is 23.3 Å². The summed E-state index contributed by atoms with van der Waals surface area (Å²) in [6, 6.07) is 10.4. The molecule has 0 saturated heterocycles. The lowest BCUT2D eigenvalue weighted by molar-refractivity contribution is 0.536. The van der Waals surface area contributed by atoms with Crippen molar-refractivity contribution in [3.8, 4) is 0 Å². The van der Waals surface area contributed by atoms with Gasteiger partial charge < -0.3 is 4.98 Å². The molecule has 1 aromatic carbocycles. The third-order valence-electron chi connectivity index (χ3n) is 4.25. The minimum atomic E-state index is -3.22. The summed E-state index contributed by atoms with van der Waals surface area (Å²) in [6.45, 7) is 4.27. The Kier molecular flexibility index (Phi) is 4.64. The van der Waals surface area contributed by atoms with Crippen molar-refractivity contribution in [1.82, 2.24) is 9.97 Å². The number of fused-ring (bicyclic) bond motifs is 1. The van der Waals surface area contributed by atoms with Crippen LogP contribution < -0.4 is 0 Å². The van der Waals surface area contributed by atoms with E-state index in [2.05, 4.69) is 23.8 Å². The Balaban J connectivity index is 2.04. The minimum absolute atomic E-state index is 0.0610. The van der Waals surface area contributed by atoms with Gasteiger partial charge in [0.2, 0.25) is 0 Å². The maximum atomic E-state index is 13.4. The molecule has 1 atom stereocenters. The topological polar surface area (TPSA) is 62.8 Å². The maximum Gasteiger partial charge on any atom is 0.175 e. The monoisotopic (exact) mass is 360 g/mol. The van der Waals surface area contributed by atoms with Gasteiger partial charge in [0.05, 0.1) is 11.1 Å². The van der Waals surface area contributed by atoms with Gasteiger partial charge in [-0.05, 0) is 42.2 Å². The van der Waals surface area contributed by atoms with E-state index in [0.717, 1.165) is 23.1 Å². The highest BCUT2D eigenvalue weighted by Gasteiger charge is 2.19. The highest BCUT2D eigenvalue weighted by Crippen LogP contribution is 2.32. The first kappa shape index (κ1) is 17.6. The Morgan fingerprint density at radius 2 is 1.84 bits per heavy atom. The molecule has 3 rings (SSSR count). The van der Waals surface area contributed by atoms with E-state index in [1.807, 2.05) is 18.2 Å². The molecule has 1 N–H and O–H groups in total. The van der Waals surface area contributed by atoms with E-state index >= 15 is 0 Å². The molecular formula is C19H21FN2O2S. The van der Waals surface area contributed by atoms with E-state index in [1.54, 1.807) is 12.1 Å². The molecule has 2 aromatic heterocycles. The number of hydrogen-bond acceptors (Lipinski definition) is 3. The van der Waals surface area contributed by atoms with Crippen molar-refractivity contribution in [3.63, 3.8) is 0 Å². The van der Waals surface area contributed by atoms with Gasteiger partial charge in [0.15, 0.2) is 9.84 Å². The number of nitrogens with one attached hydrogen (secondary N) is 1. The third-order valence-corrected chi connectivity index (χ3v) is 5.38. The summed E-state index contributed by atoms with van der Waals surface area (Å²) in [5.74, 6) is 0.137. The normalized spacial score (nSPS) is 13.5. The van der Waals surface area contributed by atoms with Crippen molar-refractivity contribution in [2.75, 3.05) is 6.26 Å². The Morgan fingerprint density at radius 3 is 2.44 bits per heavy atom. The fourth-order valence-corrected chi connectivity index (χ4v) is 3.69. The van der Waals surface area contributed by atoms with E-state index in [0.29, 0.717) is 16.5 Å². The molecule has 0 fully saturated rings. The lowest BCUT2D eigenvalue weighted by Crippen LogP contribution is -2.06. The Bertz CT molecular complexity index is 992. The van der Waals surface area contributed by atoms with Crippen molar-refractivity contribution < 1.29 is 12.8 Å². The van der Waals surface area contributed by atoms with Gasteiger partial charge in [0.25, 0.3) is 0 Å². The standard InChI is InChI=1S/C19H21FN2O2S/c1-12(2)8-17(13-4-6-16(7-5-13)25(3,23)24)18-10-14-9-15(20)11-21-19(14)22-18/h4-7,9-12,17H,8H2,1-3H3,(H,21,22). The molecule has 25 heavy (non-hydrogen) atoms. The zero-order chi connectivity index (χ0) is 18.2. The smallest absolute Gasteiger partial charge is 0.175 e. The zero-order valence-electron chi connectivity index (χ0n) is 14.5. The second-order valence-electron chi connectivity index (χ2n) is 6.84. The number of rotatable bonds is 5. The molecule has 0 amide bonds. The number of H-pyrrole nitrogens is 1. The molecule has 6 heteroatoms. The first-order valence-corrected chi connectivity index (χ1v) is 10.1. The van der Waals surface area contributed by atoms with Crippen LogP contribution >= 0.6 is 0 Å². The molecule has 0 aliphatic rings. The quantitative estimate of drug-likeness (QED) is 0.738. The lowest BCUT2D eigenvalue weighted by Gasteiger charge is -2.19. The van der Waals surface area contributed by atoms with Crippen LogP contribution in [0.5, 0.6) is 0 Å². The average molecular weight is 360 g/mol. The fourth-order valence-electron chi connectivity index (χ4n) is 3.06. The molecule has 3 aromatic rings. The third kappa shape index (κ3) is 3.90. The number of benzene rings is 1. The highest BCUT2D eigenvalue weighted by molar-refractivity contribution is 7.90. The van der Waals surface area contributed by atoms with Crippen LogP contribution in [0.1, 0.15) is 37.4 Å². The number of aromatic nitrogens is 2. The van der Waals surface area contributed by atoms with Gasteiger partial charge in [-0.1, -0.05) is 26.0 Å². The molecule has 0 aliphatic heterocycles. The molecule has 1 unspecified atom stereocenters. The maximum absolute atomic E-state index is 13.4. The van der Waals surface area contributed by atoms with Crippen molar-refractivity contribution in [2.24, 2.45) is 5.92 Å². The van der Waals surface area contributed by atoms with Gasteiger partial charge in [-0.3, -0.25) is 0 Å². The molecule has 2 heterocycles. The van der Waals surface area contributed by atoms with Gasteiger partial charge >= 0.3 is 0 Å². The number of pyridine rings is 1. The van der Waals surface area contributed by atoms with Crippen LogP contribution in [0.25, 0.3) is 11.0 Å². The van der Waals surface area contributed by atoms with Crippen LogP contribution in [-0.2, 0) is 9.84 Å². The van der Waals surface area contributed by atoms with E-state index in [9.17, 15) is 12.8 Å². The van der Waals surface area contributed by atoms with Crippen LogP contribution in [0.2, 0.25) is 0 Å². The number of halogens is 1. The fraction of sp³-hybridized carbons (Fsp3) is 0.316. The van der Waals surface area contributed by atoms with E-state index in [1.165, 1.54) is 18.5 Å². The number of aromatic amines is 1. The minimum Gasteiger partial charge on any atom is -0.343 e. The SMILES string of the molecule is CC(C)CC(c1ccc(S(C)(=O)=O)cc1)c1cc2cc(F)cnc2[nH]1. The Hall–Kier alpha value is -2.21. The molecule has 0 spiro atoms. The molecule has 0 radical (unpaired) electrons. The van der Waals surface area contributed by atoms with Crippen LogP contribution in [0.15, 0.2) is 47.5 Å². The summed E-state index contributed by atoms with van der Waals surface area (Å²) in [5.41, 5.74) is 2.62. The van der Waals surface area contributed by atoms with Gasteiger partial charge in [0.1, 0.15) is 11.5 Å². The largest absolute Gasteiger partial charge is 0.343 e. The number of sulfone groups is 1.